The molecule has 8 aromatic rings. The first kappa shape index (κ1) is 51.8. The maximum atomic E-state index is 13.3. The molecule has 0 aliphatic carbocycles. The fourth-order valence-electron chi connectivity index (χ4n) is 6.81. The van der Waals surface area contributed by atoms with Crippen LogP contribution in [0, 0.1) is 25.5 Å². The number of ether oxygens (including phenoxy) is 4. The normalized spacial score (nSPS) is 13.3. The number of rotatable bonds is 18. The number of aryl methyl sites for hydroxylation is 2. The van der Waals surface area contributed by atoms with E-state index in [9.17, 15) is 35.8 Å². The van der Waals surface area contributed by atoms with E-state index in [2.05, 4.69) is 49.8 Å². The minimum atomic E-state index is -4.31. The Hall–Kier alpha value is -8.08. The van der Waals surface area contributed by atoms with Gasteiger partial charge in [-0.1, -0.05) is 12.1 Å². The van der Waals surface area contributed by atoms with Crippen LogP contribution in [0.1, 0.15) is 49.2 Å². The van der Waals surface area contributed by atoms with Crippen LogP contribution in [0.5, 0.6) is 23.0 Å². The van der Waals surface area contributed by atoms with Crippen LogP contribution in [0.3, 0.4) is 0 Å². The van der Waals surface area contributed by atoms with Crippen LogP contribution < -0.4 is 28.4 Å². The van der Waals surface area contributed by atoms with E-state index in [1.165, 1.54) is 51.4 Å². The largest absolute Gasteiger partial charge is 0.494 e. The number of halogens is 2. The molecule has 0 amide bonds. The van der Waals surface area contributed by atoms with Gasteiger partial charge in [-0.05, 0) is 76.2 Å². The molecular weight excluding hydrogens is 991 g/mol. The number of hydrogen-bond acceptors (Lipinski definition) is 20. The lowest BCUT2D eigenvalue weighted by Gasteiger charge is -2.20. The summed E-state index contributed by atoms with van der Waals surface area (Å²) in [6.07, 6.45) is 0.0159. The summed E-state index contributed by atoms with van der Waals surface area (Å²) in [6, 6.07) is 16.8. The molecule has 8 rings (SSSR count). The standard InChI is InChI=1S/2C22H23FN6O6S/c2*1-12-8-9-17(35-12)21-26-27-22(29(21)18-15(33-3)6-5-7-16(18)34-4)28-36(31,32)13(2)19(30)20-24-10-14(23)11-25-20/h2*5-11,13,19,30H,1-4H3,(H,27,28)/t2*13-,19-/m10/s1. The summed E-state index contributed by atoms with van der Waals surface area (Å²) in [4.78, 5) is 14.7. The number of sulfonamides is 2. The van der Waals surface area contributed by atoms with Crippen LogP contribution in [0.2, 0.25) is 0 Å². The van der Waals surface area contributed by atoms with Crippen molar-refractivity contribution in [3.05, 3.63) is 120 Å². The molecule has 0 bridgehead atoms. The van der Waals surface area contributed by atoms with E-state index < -0.39 is 54.4 Å². The summed E-state index contributed by atoms with van der Waals surface area (Å²) < 4.78 is 120. The predicted molar refractivity (Wildman–Crippen MR) is 252 cm³/mol. The quantitative estimate of drug-likeness (QED) is 0.0848. The van der Waals surface area contributed by atoms with Gasteiger partial charge < -0.3 is 38.0 Å². The third-order valence-corrected chi connectivity index (χ3v) is 14.1. The molecule has 6 aromatic heterocycles. The Morgan fingerprint density at radius 3 is 1.14 bits per heavy atom. The third-order valence-electron chi connectivity index (χ3n) is 10.6. The molecule has 0 aliphatic heterocycles. The molecule has 4 atom stereocenters. The molecule has 0 saturated heterocycles. The summed E-state index contributed by atoms with van der Waals surface area (Å²) >= 11 is 0. The molecule has 0 saturated carbocycles. The molecule has 0 aliphatic rings. The van der Waals surface area contributed by atoms with E-state index in [0.29, 0.717) is 57.4 Å². The van der Waals surface area contributed by atoms with E-state index in [1.54, 1.807) is 74.5 Å². The Morgan fingerprint density at radius 2 is 0.861 bits per heavy atom. The van der Waals surface area contributed by atoms with Gasteiger partial charge in [-0.25, -0.2) is 45.6 Å². The summed E-state index contributed by atoms with van der Waals surface area (Å²) in [5.41, 5.74) is 0.619. The van der Waals surface area contributed by atoms with Crippen LogP contribution >= 0.6 is 0 Å². The van der Waals surface area contributed by atoms with Gasteiger partial charge in [0.2, 0.25) is 43.6 Å². The lowest BCUT2D eigenvalue weighted by molar-refractivity contribution is 0.165. The molecule has 0 unspecified atom stereocenters. The molecule has 2 aromatic carbocycles. The minimum absolute atomic E-state index is 0.165. The first-order chi connectivity index (χ1) is 34.3. The molecule has 6 heterocycles. The van der Waals surface area contributed by atoms with Gasteiger partial charge in [-0.2, -0.15) is 0 Å². The second-order valence-electron chi connectivity index (χ2n) is 15.3. The van der Waals surface area contributed by atoms with Gasteiger partial charge in [0.15, 0.2) is 34.8 Å². The van der Waals surface area contributed by atoms with E-state index in [1.807, 2.05) is 0 Å². The number of benzene rings is 2. The number of hydrogen-bond donors (Lipinski definition) is 4. The Balaban J connectivity index is 0.000000211. The van der Waals surface area contributed by atoms with Crippen LogP contribution in [-0.4, -0.2) is 115 Å². The van der Waals surface area contributed by atoms with Crippen molar-refractivity contribution in [1.82, 2.24) is 49.5 Å². The number of anilines is 2. The molecule has 0 radical (unpaired) electrons. The Labute approximate surface area is 409 Å². The Kier molecular flexibility index (Phi) is 15.5. The van der Waals surface area contributed by atoms with Crippen LogP contribution in [0.4, 0.5) is 20.7 Å². The van der Waals surface area contributed by atoms with E-state index in [-0.39, 0.29) is 35.2 Å². The highest BCUT2D eigenvalue weighted by atomic mass is 32.2. The zero-order chi connectivity index (χ0) is 52.1. The lowest BCUT2D eigenvalue weighted by atomic mass is 10.2. The summed E-state index contributed by atoms with van der Waals surface area (Å²) in [5.74, 6) is 1.12. The lowest BCUT2D eigenvalue weighted by Crippen LogP contribution is -2.32. The van der Waals surface area contributed by atoms with Crippen molar-refractivity contribution >= 4 is 31.9 Å². The topological polar surface area (TPSA) is 309 Å². The molecule has 0 fully saturated rings. The fourth-order valence-corrected chi connectivity index (χ4v) is 8.87. The smallest absolute Gasteiger partial charge is 0.243 e. The van der Waals surface area contributed by atoms with Gasteiger partial charge in [0.05, 0.1) is 53.2 Å². The van der Waals surface area contributed by atoms with Crippen molar-refractivity contribution in [2.45, 2.75) is 50.4 Å². The molecule has 380 valence electrons. The number of aliphatic hydroxyl groups excluding tert-OH is 2. The SMILES string of the molecule is COc1cccc(OC)c1-n1c(NS(=O)(=O)[C@@H](C)[C@H](O)c2ncc(F)cn2)nnc1-c1ccc(C)o1.COc1cccc(OC)c1-n1c(NS(=O)(=O)[C@H](C)[C@@H](O)c2ncc(F)cn2)nnc1-c1ccc(C)o1. The average Bonchev–Trinajstić information content (AvgIpc) is 4.20. The third kappa shape index (κ3) is 10.8. The number of methoxy groups -OCH3 is 4. The van der Waals surface area contributed by atoms with E-state index >= 15 is 0 Å². The van der Waals surface area contributed by atoms with E-state index in [4.69, 9.17) is 27.8 Å². The van der Waals surface area contributed by atoms with Crippen LogP contribution in [0.15, 0.2) is 94.3 Å². The number of furan rings is 2. The molecular formula is C44H46F2N12O12S2. The number of nitrogens with one attached hydrogen (secondary N) is 2. The average molecular weight is 1040 g/mol. The highest BCUT2D eigenvalue weighted by Crippen LogP contribution is 2.40. The van der Waals surface area contributed by atoms with Crippen molar-refractivity contribution in [1.29, 1.82) is 0 Å². The maximum Gasteiger partial charge on any atom is 0.243 e. The second kappa shape index (κ2) is 21.5. The Bertz CT molecular complexity index is 3120. The number of nitrogens with zero attached hydrogens (tertiary/aromatic N) is 10. The number of aromatic nitrogens is 10. The molecule has 72 heavy (non-hydrogen) atoms. The van der Waals surface area contributed by atoms with Crippen molar-refractivity contribution < 1.29 is 63.6 Å². The van der Waals surface area contributed by atoms with Crippen molar-refractivity contribution in [2.75, 3.05) is 37.9 Å². The molecule has 28 heteroatoms. The van der Waals surface area contributed by atoms with Gasteiger partial charge in [0, 0.05) is 0 Å². The van der Waals surface area contributed by atoms with Crippen molar-refractivity contribution in [3.8, 4) is 57.5 Å². The van der Waals surface area contributed by atoms with Crippen molar-refractivity contribution in [2.24, 2.45) is 0 Å². The first-order valence-corrected chi connectivity index (χ1v) is 24.2. The number of para-hydroxylation sites is 2. The predicted octanol–water partition coefficient (Wildman–Crippen LogP) is 5.29. The van der Waals surface area contributed by atoms with Crippen molar-refractivity contribution in [3.63, 3.8) is 0 Å². The molecule has 4 N–H and O–H groups in total. The maximum absolute atomic E-state index is 13.3. The van der Waals surface area contributed by atoms with Gasteiger partial charge >= 0.3 is 0 Å². The Morgan fingerprint density at radius 1 is 0.542 bits per heavy atom. The summed E-state index contributed by atoms with van der Waals surface area (Å²) in [7, 11) is -2.83. The fraction of sp³-hybridized carbons (Fsp3) is 0.273. The van der Waals surface area contributed by atoms with Crippen LogP contribution in [-0.2, 0) is 20.0 Å². The van der Waals surface area contributed by atoms with Gasteiger partial charge in [0.25, 0.3) is 0 Å². The first-order valence-electron chi connectivity index (χ1n) is 21.1. The van der Waals surface area contributed by atoms with Crippen LogP contribution in [0.25, 0.3) is 34.5 Å². The van der Waals surface area contributed by atoms with E-state index in [0.717, 1.165) is 24.8 Å². The molecule has 24 nitrogen and oxygen atoms in total. The minimum Gasteiger partial charge on any atom is -0.494 e. The zero-order valence-corrected chi connectivity index (χ0v) is 41.0. The zero-order valence-electron chi connectivity index (χ0n) is 39.4. The molecule has 0 spiro atoms. The monoisotopic (exact) mass is 1040 g/mol. The summed E-state index contributed by atoms with van der Waals surface area (Å²) in [6.45, 7) is 6.00. The highest BCUT2D eigenvalue weighted by molar-refractivity contribution is 7.93. The van der Waals surface area contributed by atoms with Gasteiger partial charge in [-0.15, -0.1) is 20.4 Å². The van der Waals surface area contributed by atoms with Gasteiger partial charge in [0.1, 0.15) is 68.6 Å². The van der Waals surface area contributed by atoms with Gasteiger partial charge in [-0.3, -0.25) is 18.6 Å². The summed E-state index contributed by atoms with van der Waals surface area (Å²) in [5, 5.41) is 34.5. The second-order valence-corrected chi connectivity index (χ2v) is 19.4. The highest BCUT2D eigenvalue weighted by Gasteiger charge is 2.36. The number of aliphatic hydroxyl groups is 2.